The van der Waals surface area contributed by atoms with Crippen molar-refractivity contribution in [2.24, 2.45) is 0 Å². The number of nitrogens with zero attached hydrogens (tertiary/aromatic N) is 2. The third-order valence-electron chi connectivity index (χ3n) is 5.12. The van der Waals surface area contributed by atoms with Crippen molar-refractivity contribution >= 4 is 11.9 Å². The van der Waals surface area contributed by atoms with Gasteiger partial charge in [0.05, 0.1) is 12.2 Å². The van der Waals surface area contributed by atoms with Crippen LogP contribution in [-0.4, -0.2) is 40.5 Å². The maximum Gasteiger partial charge on any atom is 0.355 e. The Bertz CT molecular complexity index is 619. The van der Waals surface area contributed by atoms with Crippen molar-refractivity contribution in [1.82, 2.24) is 9.47 Å². The summed E-state index contributed by atoms with van der Waals surface area (Å²) in [6, 6.07) is 0.307. The molecule has 1 atom stereocenters. The summed E-state index contributed by atoms with van der Waals surface area (Å²) in [7, 11) is 0. The SMILES string of the molecule is CCOC(=O)c1c(C)c(C(=O)N2CCCCC2CC)c(C)n1CC. The van der Waals surface area contributed by atoms with Crippen molar-refractivity contribution in [1.29, 1.82) is 0 Å². The fraction of sp³-hybridized carbons (Fsp3) is 0.684. The first kappa shape index (κ1) is 18.6. The van der Waals surface area contributed by atoms with Crippen LogP contribution in [0.5, 0.6) is 0 Å². The van der Waals surface area contributed by atoms with Crippen LogP contribution in [0.4, 0.5) is 0 Å². The lowest BCUT2D eigenvalue weighted by Crippen LogP contribution is -2.43. The van der Waals surface area contributed by atoms with Crippen molar-refractivity contribution < 1.29 is 14.3 Å². The minimum Gasteiger partial charge on any atom is -0.461 e. The zero-order valence-electron chi connectivity index (χ0n) is 15.6. The molecule has 0 saturated carbocycles. The average molecular weight is 334 g/mol. The molecule has 0 aliphatic carbocycles. The van der Waals surface area contributed by atoms with E-state index in [1.165, 1.54) is 6.42 Å². The number of hydrogen-bond donors (Lipinski definition) is 0. The number of carbonyl (C=O) groups excluding carboxylic acids is 2. The number of aromatic nitrogens is 1. The standard InChI is InChI=1S/C19H30N2O3/c1-6-15-11-9-10-12-21(15)18(22)16-13(4)17(19(23)24-8-3)20(7-2)14(16)5/h15H,6-12H2,1-5H3. The summed E-state index contributed by atoms with van der Waals surface area (Å²) in [6.07, 6.45) is 4.28. The summed E-state index contributed by atoms with van der Waals surface area (Å²) in [5.41, 5.74) is 2.81. The second kappa shape index (κ2) is 7.86. The van der Waals surface area contributed by atoms with Gasteiger partial charge in [-0.05, 0) is 58.9 Å². The summed E-state index contributed by atoms with van der Waals surface area (Å²) < 4.78 is 7.11. The summed E-state index contributed by atoms with van der Waals surface area (Å²) in [5, 5.41) is 0. The predicted octanol–water partition coefficient (Wildman–Crippen LogP) is 3.71. The average Bonchev–Trinajstić information content (AvgIpc) is 2.84. The second-order valence-corrected chi connectivity index (χ2v) is 6.46. The molecule has 1 aliphatic heterocycles. The Hall–Kier alpha value is -1.78. The van der Waals surface area contributed by atoms with Crippen LogP contribution in [0.25, 0.3) is 0 Å². The van der Waals surface area contributed by atoms with E-state index < -0.39 is 0 Å². The first-order valence-corrected chi connectivity index (χ1v) is 9.15. The molecule has 1 amide bonds. The van der Waals surface area contributed by atoms with Crippen molar-refractivity contribution in [3.05, 3.63) is 22.5 Å². The Kier molecular flexibility index (Phi) is 6.08. The number of likely N-dealkylation sites (tertiary alicyclic amines) is 1. The molecule has 5 nitrogen and oxygen atoms in total. The van der Waals surface area contributed by atoms with Crippen LogP contribution in [-0.2, 0) is 11.3 Å². The molecule has 0 bridgehead atoms. The summed E-state index contributed by atoms with van der Waals surface area (Å²) >= 11 is 0. The van der Waals surface area contributed by atoms with Gasteiger partial charge in [-0.15, -0.1) is 0 Å². The molecule has 1 unspecified atom stereocenters. The zero-order valence-corrected chi connectivity index (χ0v) is 15.6. The Balaban J connectivity index is 2.46. The van der Waals surface area contributed by atoms with E-state index in [9.17, 15) is 9.59 Å². The molecular formula is C19H30N2O3. The quantitative estimate of drug-likeness (QED) is 0.771. The molecule has 0 aromatic carbocycles. The monoisotopic (exact) mass is 334 g/mol. The van der Waals surface area contributed by atoms with Crippen LogP contribution in [0.3, 0.4) is 0 Å². The molecular weight excluding hydrogens is 304 g/mol. The van der Waals surface area contributed by atoms with Gasteiger partial charge in [-0.3, -0.25) is 4.79 Å². The minimum atomic E-state index is -0.343. The van der Waals surface area contributed by atoms with E-state index in [-0.39, 0.29) is 11.9 Å². The maximum absolute atomic E-state index is 13.2. The molecule has 1 aromatic rings. The molecule has 0 spiro atoms. The molecule has 0 N–H and O–H groups in total. The van der Waals surface area contributed by atoms with Gasteiger partial charge in [0.1, 0.15) is 5.69 Å². The molecule has 0 radical (unpaired) electrons. The molecule has 2 heterocycles. The van der Waals surface area contributed by atoms with E-state index in [1.54, 1.807) is 6.92 Å². The molecule has 24 heavy (non-hydrogen) atoms. The minimum absolute atomic E-state index is 0.0642. The van der Waals surface area contributed by atoms with Gasteiger partial charge >= 0.3 is 5.97 Å². The van der Waals surface area contributed by atoms with Crippen molar-refractivity contribution in [3.63, 3.8) is 0 Å². The molecule has 134 valence electrons. The largest absolute Gasteiger partial charge is 0.461 e. The fourth-order valence-electron chi connectivity index (χ4n) is 3.90. The smallest absolute Gasteiger partial charge is 0.355 e. The number of ether oxygens (including phenoxy) is 1. The number of esters is 1. The van der Waals surface area contributed by atoms with E-state index in [4.69, 9.17) is 4.74 Å². The van der Waals surface area contributed by atoms with Gasteiger partial charge < -0.3 is 14.2 Å². The van der Waals surface area contributed by atoms with E-state index in [0.29, 0.717) is 30.5 Å². The van der Waals surface area contributed by atoms with Crippen LogP contribution in [0.2, 0.25) is 0 Å². The Morgan fingerprint density at radius 2 is 1.88 bits per heavy atom. The number of rotatable bonds is 5. The predicted molar refractivity (Wildman–Crippen MR) is 94.5 cm³/mol. The van der Waals surface area contributed by atoms with E-state index in [2.05, 4.69) is 6.92 Å². The van der Waals surface area contributed by atoms with Crippen LogP contribution < -0.4 is 0 Å². The van der Waals surface area contributed by atoms with Gasteiger partial charge in [0, 0.05) is 24.8 Å². The van der Waals surface area contributed by atoms with Gasteiger partial charge in [0.15, 0.2) is 0 Å². The number of hydrogen-bond acceptors (Lipinski definition) is 3. The lowest BCUT2D eigenvalue weighted by atomic mass is 9.98. The topological polar surface area (TPSA) is 51.5 Å². The third-order valence-corrected chi connectivity index (χ3v) is 5.12. The van der Waals surface area contributed by atoms with Gasteiger partial charge in [-0.1, -0.05) is 6.92 Å². The highest BCUT2D eigenvalue weighted by atomic mass is 16.5. The first-order valence-electron chi connectivity index (χ1n) is 9.15. The number of piperidine rings is 1. The van der Waals surface area contributed by atoms with Gasteiger partial charge in [0.25, 0.3) is 5.91 Å². The fourth-order valence-corrected chi connectivity index (χ4v) is 3.90. The van der Waals surface area contributed by atoms with Crippen molar-refractivity contribution in [2.45, 2.75) is 72.9 Å². The van der Waals surface area contributed by atoms with Gasteiger partial charge in [-0.25, -0.2) is 4.79 Å². The molecule has 1 aliphatic rings. The van der Waals surface area contributed by atoms with E-state index in [0.717, 1.165) is 37.1 Å². The number of amides is 1. The normalized spacial score (nSPS) is 17.9. The first-order chi connectivity index (χ1) is 11.5. The lowest BCUT2D eigenvalue weighted by Gasteiger charge is -2.35. The summed E-state index contributed by atoms with van der Waals surface area (Å²) in [5.74, 6) is -0.279. The van der Waals surface area contributed by atoms with Gasteiger partial charge in [0.2, 0.25) is 0 Å². The Labute approximate surface area is 145 Å². The van der Waals surface area contributed by atoms with E-state index >= 15 is 0 Å². The van der Waals surface area contributed by atoms with Crippen molar-refractivity contribution in [3.8, 4) is 0 Å². The van der Waals surface area contributed by atoms with Crippen LogP contribution >= 0.6 is 0 Å². The molecule has 1 aromatic heterocycles. The summed E-state index contributed by atoms with van der Waals surface area (Å²) in [6.45, 7) is 11.5. The highest BCUT2D eigenvalue weighted by Crippen LogP contribution is 2.28. The molecule has 1 saturated heterocycles. The molecule has 2 rings (SSSR count). The van der Waals surface area contributed by atoms with E-state index in [1.807, 2.05) is 30.2 Å². The van der Waals surface area contributed by atoms with Gasteiger partial charge in [-0.2, -0.15) is 0 Å². The van der Waals surface area contributed by atoms with Crippen LogP contribution in [0.1, 0.15) is 78.6 Å². The van der Waals surface area contributed by atoms with Crippen LogP contribution in [0.15, 0.2) is 0 Å². The Morgan fingerprint density at radius 1 is 1.17 bits per heavy atom. The molecule has 1 fully saturated rings. The second-order valence-electron chi connectivity index (χ2n) is 6.46. The van der Waals surface area contributed by atoms with Crippen molar-refractivity contribution in [2.75, 3.05) is 13.2 Å². The maximum atomic E-state index is 13.2. The Morgan fingerprint density at radius 3 is 2.46 bits per heavy atom. The third kappa shape index (κ3) is 3.21. The van der Waals surface area contributed by atoms with Crippen LogP contribution in [0, 0.1) is 13.8 Å². The number of carbonyl (C=O) groups is 2. The lowest BCUT2D eigenvalue weighted by molar-refractivity contribution is 0.0512. The summed E-state index contributed by atoms with van der Waals surface area (Å²) in [4.78, 5) is 27.6. The highest BCUT2D eigenvalue weighted by Gasteiger charge is 2.32. The zero-order chi connectivity index (χ0) is 17.9. The molecule has 5 heteroatoms. The highest BCUT2D eigenvalue weighted by molar-refractivity contribution is 6.01.